The second kappa shape index (κ2) is 5.99. The van der Waals surface area contributed by atoms with E-state index in [4.69, 9.17) is 4.74 Å². The van der Waals surface area contributed by atoms with Gasteiger partial charge < -0.3 is 4.74 Å². The van der Waals surface area contributed by atoms with Crippen LogP contribution in [0.3, 0.4) is 0 Å². The van der Waals surface area contributed by atoms with Gasteiger partial charge in [-0.25, -0.2) is 4.79 Å². The van der Waals surface area contributed by atoms with Gasteiger partial charge in [0.05, 0.1) is 6.10 Å². The number of benzene rings is 1. The summed E-state index contributed by atoms with van der Waals surface area (Å²) in [6.07, 6.45) is 3.58. The van der Waals surface area contributed by atoms with E-state index in [1.54, 1.807) is 6.07 Å². The molecule has 3 heteroatoms. The van der Waals surface area contributed by atoms with Crippen LogP contribution in [0.15, 0.2) is 29.3 Å². The minimum absolute atomic E-state index is 0.174. The molecule has 0 spiro atoms. The third kappa shape index (κ3) is 3.22. The normalized spacial score (nSPS) is 9.80. The minimum atomic E-state index is 0.174. The molecule has 3 nitrogen and oxygen atoms in total. The lowest BCUT2D eigenvalue weighted by molar-refractivity contribution is 0.194. The van der Waals surface area contributed by atoms with E-state index in [-0.39, 0.29) is 6.10 Å². The van der Waals surface area contributed by atoms with Gasteiger partial charge in [0.2, 0.25) is 6.08 Å². The number of carbonyl (C=O) groups excluding carboxylic acids is 1. The van der Waals surface area contributed by atoms with Crippen LogP contribution in [-0.4, -0.2) is 12.2 Å². The highest BCUT2D eigenvalue weighted by Gasteiger charge is 2.08. The zero-order valence-electron chi connectivity index (χ0n) is 9.06. The van der Waals surface area contributed by atoms with Crippen molar-refractivity contribution in [2.24, 2.45) is 4.99 Å². The number of hydrogen-bond donors (Lipinski definition) is 0. The summed E-state index contributed by atoms with van der Waals surface area (Å²) < 4.78 is 5.72. The molecule has 0 saturated carbocycles. The molecule has 0 heterocycles. The van der Waals surface area contributed by atoms with Crippen LogP contribution >= 0.6 is 0 Å². The van der Waals surface area contributed by atoms with Crippen molar-refractivity contribution in [2.75, 3.05) is 0 Å². The number of hydrogen-bond acceptors (Lipinski definition) is 3. The first-order valence-electron chi connectivity index (χ1n) is 5.15. The summed E-state index contributed by atoms with van der Waals surface area (Å²) in [5.74, 6) is 0.648. The van der Waals surface area contributed by atoms with Crippen molar-refractivity contribution in [3.63, 3.8) is 0 Å². The highest BCUT2D eigenvalue weighted by molar-refractivity contribution is 5.57. The first-order valence-corrected chi connectivity index (χ1v) is 5.15. The van der Waals surface area contributed by atoms with Gasteiger partial charge in [-0.1, -0.05) is 26.0 Å². The quantitative estimate of drug-likeness (QED) is 0.546. The Morgan fingerprint density at radius 2 is 2.00 bits per heavy atom. The summed E-state index contributed by atoms with van der Waals surface area (Å²) in [5.41, 5.74) is 0.541. The molecule has 0 saturated heterocycles. The van der Waals surface area contributed by atoms with Gasteiger partial charge in [0.25, 0.3) is 0 Å². The molecule has 0 radical (unpaired) electrons. The second-order valence-corrected chi connectivity index (χ2v) is 3.23. The molecule has 1 aromatic carbocycles. The third-order valence-corrected chi connectivity index (χ3v) is 2.24. The Morgan fingerprint density at radius 3 is 2.60 bits per heavy atom. The first kappa shape index (κ1) is 11.5. The Bertz CT molecular complexity index is 352. The molecule has 0 unspecified atom stereocenters. The van der Waals surface area contributed by atoms with Crippen molar-refractivity contribution < 1.29 is 9.53 Å². The van der Waals surface area contributed by atoms with Gasteiger partial charge in [-0.05, 0) is 25.0 Å². The second-order valence-electron chi connectivity index (χ2n) is 3.23. The van der Waals surface area contributed by atoms with Crippen molar-refractivity contribution in [3.8, 4) is 5.75 Å². The lowest BCUT2D eigenvalue weighted by atomic mass is 10.2. The molecule has 0 aliphatic heterocycles. The molecule has 0 N–H and O–H groups in total. The molecule has 1 rings (SSSR count). The molecule has 0 amide bonds. The molecular weight excluding hydrogens is 190 g/mol. The number of rotatable bonds is 5. The molecular formula is C12H15NO2. The largest absolute Gasteiger partial charge is 0.488 e. The molecule has 80 valence electrons. The maximum atomic E-state index is 10.2. The van der Waals surface area contributed by atoms with Crippen molar-refractivity contribution >= 4 is 11.8 Å². The van der Waals surface area contributed by atoms with Crippen molar-refractivity contribution in [3.05, 3.63) is 24.3 Å². The summed E-state index contributed by atoms with van der Waals surface area (Å²) in [7, 11) is 0. The van der Waals surface area contributed by atoms with Crippen LogP contribution in [0.25, 0.3) is 0 Å². The molecule has 0 fully saturated rings. The van der Waals surface area contributed by atoms with Crippen LogP contribution in [0.2, 0.25) is 0 Å². The first-order chi connectivity index (χ1) is 7.31. The van der Waals surface area contributed by atoms with E-state index in [1.807, 2.05) is 18.2 Å². The molecule has 0 bridgehead atoms. The summed E-state index contributed by atoms with van der Waals surface area (Å²) >= 11 is 0. The van der Waals surface area contributed by atoms with Crippen LogP contribution < -0.4 is 4.74 Å². The smallest absolute Gasteiger partial charge is 0.240 e. The van der Waals surface area contributed by atoms with Crippen LogP contribution in [0.1, 0.15) is 26.7 Å². The monoisotopic (exact) mass is 205 g/mol. The van der Waals surface area contributed by atoms with Gasteiger partial charge in [-0.15, -0.1) is 0 Å². The van der Waals surface area contributed by atoms with E-state index in [0.29, 0.717) is 11.4 Å². The Balaban J connectivity index is 2.87. The van der Waals surface area contributed by atoms with Gasteiger partial charge in [0, 0.05) is 0 Å². The summed E-state index contributed by atoms with van der Waals surface area (Å²) in [5, 5.41) is 0. The zero-order chi connectivity index (χ0) is 11.1. The van der Waals surface area contributed by atoms with E-state index in [9.17, 15) is 4.79 Å². The van der Waals surface area contributed by atoms with E-state index in [0.717, 1.165) is 12.8 Å². The Morgan fingerprint density at radius 1 is 1.33 bits per heavy atom. The predicted molar refractivity (Wildman–Crippen MR) is 59.2 cm³/mol. The maximum absolute atomic E-state index is 10.2. The Hall–Kier alpha value is -1.60. The minimum Gasteiger partial charge on any atom is -0.488 e. The average molecular weight is 205 g/mol. The van der Waals surface area contributed by atoms with Crippen LogP contribution in [0.4, 0.5) is 5.69 Å². The van der Waals surface area contributed by atoms with E-state index >= 15 is 0 Å². The van der Waals surface area contributed by atoms with E-state index < -0.39 is 0 Å². The van der Waals surface area contributed by atoms with Gasteiger partial charge in [-0.3, -0.25) is 0 Å². The molecule has 0 atom stereocenters. The van der Waals surface area contributed by atoms with Crippen LogP contribution in [0, 0.1) is 0 Å². The fourth-order valence-corrected chi connectivity index (χ4v) is 1.33. The molecule has 0 aliphatic rings. The average Bonchev–Trinajstić information content (AvgIpc) is 2.28. The number of para-hydroxylation sites is 2. The molecule has 0 aromatic heterocycles. The summed E-state index contributed by atoms with van der Waals surface area (Å²) in [6, 6.07) is 7.23. The van der Waals surface area contributed by atoms with Gasteiger partial charge in [-0.2, -0.15) is 4.99 Å². The van der Waals surface area contributed by atoms with Gasteiger partial charge >= 0.3 is 0 Å². The Labute approximate surface area is 89.8 Å². The summed E-state index contributed by atoms with van der Waals surface area (Å²) in [4.78, 5) is 13.8. The molecule has 15 heavy (non-hydrogen) atoms. The zero-order valence-corrected chi connectivity index (χ0v) is 9.06. The Kier molecular flexibility index (Phi) is 4.58. The maximum Gasteiger partial charge on any atom is 0.240 e. The molecule has 0 aliphatic carbocycles. The number of nitrogens with zero attached hydrogens (tertiary/aromatic N) is 1. The topological polar surface area (TPSA) is 38.7 Å². The fourth-order valence-electron chi connectivity index (χ4n) is 1.33. The SMILES string of the molecule is CCC(CC)Oc1ccccc1N=C=O. The third-order valence-electron chi connectivity index (χ3n) is 2.24. The highest BCUT2D eigenvalue weighted by Crippen LogP contribution is 2.28. The van der Waals surface area contributed by atoms with Gasteiger partial charge in [0.1, 0.15) is 11.4 Å². The van der Waals surface area contributed by atoms with Crippen molar-refractivity contribution in [1.82, 2.24) is 0 Å². The summed E-state index contributed by atoms with van der Waals surface area (Å²) in [6.45, 7) is 4.14. The highest BCUT2D eigenvalue weighted by atomic mass is 16.5. The van der Waals surface area contributed by atoms with Crippen LogP contribution in [-0.2, 0) is 4.79 Å². The lowest BCUT2D eigenvalue weighted by Gasteiger charge is -2.16. The fraction of sp³-hybridized carbons (Fsp3) is 0.417. The predicted octanol–water partition coefficient (Wildman–Crippen LogP) is 3.22. The van der Waals surface area contributed by atoms with Crippen LogP contribution in [0.5, 0.6) is 5.75 Å². The van der Waals surface area contributed by atoms with Gasteiger partial charge in [0.15, 0.2) is 0 Å². The standard InChI is InChI=1S/C12H15NO2/c1-3-10(4-2)15-12-8-6-5-7-11(12)13-9-14/h5-8,10H,3-4H2,1-2H3. The van der Waals surface area contributed by atoms with E-state index in [2.05, 4.69) is 18.8 Å². The lowest BCUT2D eigenvalue weighted by Crippen LogP contribution is -2.13. The van der Waals surface area contributed by atoms with E-state index in [1.165, 1.54) is 6.08 Å². The number of aliphatic imine (C=N–C) groups is 1. The van der Waals surface area contributed by atoms with Crippen molar-refractivity contribution in [1.29, 1.82) is 0 Å². The molecule has 1 aromatic rings. The van der Waals surface area contributed by atoms with Crippen molar-refractivity contribution in [2.45, 2.75) is 32.8 Å². The number of isocyanates is 1. The number of ether oxygens (including phenoxy) is 1.